The van der Waals surface area contributed by atoms with Gasteiger partial charge in [-0.3, -0.25) is 14.9 Å². The molecule has 0 fully saturated rings. The highest BCUT2D eigenvalue weighted by Gasteiger charge is 2.09. The number of carboxylic acid groups (broad SMARTS) is 1. The number of nitro groups is 1. The zero-order chi connectivity index (χ0) is 17.3. The molecular weight excluding hydrogens is 294 g/mol. The Morgan fingerprint density at radius 2 is 1.43 bits per heavy atom. The third-order valence-electron chi connectivity index (χ3n) is 4.00. The monoisotopic (exact) mass is 327 g/mol. The van der Waals surface area contributed by atoms with E-state index in [0.29, 0.717) is 12.1 Å². The maximum absolute atomic E-state index is 11.0. The molecule has 0 aliphatic rings. The fraction of sp³-hybridized carbons (Fsp3) is 0.833. The molecule has 0 heterocycles. The second kappa shape index (κ2) is 15.5. The fourth-order valence-corrected chi connectivity index (χ4v) is 2.57. The Hall–Kier alpha value is -1.39. The van der Waals surface area contributed by atoms with E-state index in [2.05, 4.69) is 6.92 Å². The lowest BCUT2D eigenvalue weighted by Crippen LogP contribution is -1.99. The summed E-state index contributed by atoms with van der Waals surface area (Å²) in [5.74, 6) is -0.725. The van der Waals surface area contributed by atoms with Gasteiger partial charge in [0.2, 0.25) is 5.70 Å². The van der Waals surface area contributed by atoms with Crippen molar-refractivity contribution in [3.05, 3.63) is 21.9 Å². The van der Waals surface area contributed by atoms with E-state index in [0.717, 1.165) is 57.8 Å². The van der Waals surface area contributed by atoms with Gasteiger partial charge in [-0.2, -0.15) is 0 Å². The zero-order valence-electron chi connectivity index (χ0n) is 14.6. The molecule has 0 saturated heterocycles. The normalized spacial score (nSPS) is 11.6. The minimum absolute atomic E-state index is 0.230. The van der Waals surface area contributed by atoms with E-state index in [1.165, 1.54) is 19.3 Å². The third-order valence-corrected chi connectivity index (χ3v) is 4.00. The Bertz CT molecular complexity index is 353. The van der Waals surface area contributed by atoms with Gasteiger partial charge in [0.1, 0.15) is 0 Å². The Labute approximate surface area is 140 Å². The number of hydrogen-bond donors (Lipinski definition) is 1. The first-order chi connectivity index (χ1) is 11.1. The van der Waals surface area contributed by atoms with Crippen LogP contribution in [-0.2, 0) is 4.79 Å². The summed E-state index contributed by atoms with van der Waals surface area (Å²) in [4.78, 5) is 21.1. The van der Waals surface area contributed by atoms with Crippen molar-refractivity contribution in [3.8, 4) is 0 Å². The molecule has 0 unspecified atom stereocenters. The first kappa shape index (κ1) is 21.6. The van der Waals surface area contributed by atoms with Crippen LogP contribution in [0.1, 0.15) is 96.8 Å². The lowest BCUT2D eigenvalue weighted by molar-refractivity contribution is -0.428. The van der Waals surface area contributed by atoms with Crippen molar-refractivity contribution < 1.29 is 14.8 Å². The van der Waals surface area contributed by atoms with E-state index in [4.69, 9.17) is 5.11 Å². The summed E-state index contributed by atoms with van der Waals surface area (Å²) in [6, 6.07) is 0. The molecule has 0 aromatic carbocycles. The fourth-order valence-electron chi connectivity index (χ4n) is 2.57. The van der Waals surface area contributed by atoms with Crippen LogP contribution in [-0.4, -0.2) is 16.0 Å². The van der Waals surface area contributed by atoms with Crippen LogP contribution in [0.5, 0.6) is 0 Å². The molecule has 0 saturated carbocycles. The van der Waals surface area contributed by atoms with E-state index >= 15 is 0 Å². The van der Waals surface area contributed by atoms with Crippen LogP contribution in [0.25, 0.3) is 0 Å². The molecule has 0 aliphatic carbocycles. The van der Waals surface area contributed by atoms with Gasteiger partial charge in [-0.1, -0.05) is 58.3 Å². The molecule has 0 radical (unpaired) electrons. The van der Waals surface area contributed by atoms with Crippen molar-refractivity contribution in [2.45, 2.75) is 96.8 Å². The van der Waals surface area contributed by atoms with Crippen molar-refractivity contribution in [1.82, 2.24) is 0 Å². The van der Waals surface area contributed by atoms with Crippen molar-refractivity contribution in [1.29, 1.82) is 0 Å². The number of carboxylic acids is 1. The summed E-state index contributed by atoms with van der Waals surface area (Å²) >= 11 is 0. The number of unbranched alkanes of at least 4 members (excludes halogenated alkanes) is 10. The van der Waals surface area contributed by atoms with Crippen LogP contribution in [0.15, 0.2) is 11.8 Å². The number of aliphatic carboxylic acids is 1. The molecular formula is C18H33NO4. The van der Waals surface area contributed by atoms with Crippen molar-refractivity contribution in [3.63, 3.8) is 0 Å². The van der Waals surface area contributed by atoms with Crippen LogP contribution in [0.4, 0.5) is 0 Å². The van der Waals surface area contributed by atoms with Crippen LogP contribution < -0.4 is 0 Å². The molecule has 1 N–H and O–H groups in total. The third kappa shape index (κ3) is 15.3. The molecule has 0 amide bonds. The Morgan fingerprint density at radius 1 is 0.913 bits per heavy atom. The van der Waals surface area contributed by atoms with E-state index < -0.39 is 5.97 Å². The highest BCUT2D eigenvalue weighted by atomic mass is 16.6. The summed E-state index contributed by atoms with van der Waals surface area (Å²) in [5.41, 5.74) is 0.378. The highest BCUT2D eigenvalue weighted by Crippen LogP contribution is 2.14. The first-order valence-electron chi connectivity index (χ1n) is 9.13. The quantitative estimate of drug-likeness (QED) is 0.223. The highest BCUT2D eigenvalue weighted by molar-refractivity contribution is 5.66. The maximum atomic E-state index is 11.0. The molecule has 0 spiro atoms. The molecule has 0 aromatic rings. The summed E-state index contributed by atoms with van der Waals surface area (Å²) in [5, 5.41) is 19.5. The Balaban J connectivity index is 3.65. The van der Waals surface area contributed by atoms with E-state index in [1.807, 2.05) is 0 Å². The molecule has 0 aliphatic heterocycles. The minimum atomic E-state index is -0.725. The van der Waals surface area contributed by atoms with Crippen LogP contribution >= 0.6 is 0 Å². The largest absolute Gasteiger partial charge is 0.481 e. The predicted octanol–water partition coefficient (Wildman–Crippen LogP) is 5.71. The average Bonchev–Trinajstić information content (AvgIpc) is 2.50. The SMILES string of the molecule is CCCCCCCC(=CCCCCCCCCC(=O)O)[N+](=O)[O-]. The second-order valence-corrected chi connectivity index (χ2v) is 6.17. The van der Waals surface area contributed by atoms with Gasteiger partial charge in [0.15, 0.2) is 0 Å². The second-order valence-electron chi connectivity index (χ2n) is 6.17. The average molecular weight is 327 g/mol. The molecule has 5 nitrogen and oxygen atoms in total. The molecule has 23 heavy (non-hydrogen) atoms. The van der Waals surface area contributed by atoms with E-state index in [9.17, 15) is 14.9 Å². The van der Waals surface area contributed by atoms with Gasteiger partial charge in [-0.05, 0) is 31.8 Å². The maximum Gasteiger partial charge on any atom is 0.303 e. The number of allylic oxidation sites excluding steroid dienone is 2. The number of hydrogen-bond acceptors (Lipinski definition) is 3. The number of rotatable bonds is 16. The molecule has 0 aromatic heterocycles. The summed E-state index contributed by atoms with van der Waals surface area (Å²) < 4.78 is 0. The number of nitrogens with zero attached hydrogens (tertiary/aromatic N) is 1. The van der Waals surface area contributed by atoms with Gasteiger partial charge in [0, 0.05) is 12.8 Å². The summed E-state index contributed by atoms with van der Waals surface area (Å²) in [7, 11) is 0. The smallest absolute Gasteiger partial charge is 0.303 e. The predicted molar refractivity (Wildman–Crippen MR) is 93.0 cm³/mol. The van der Waals surface area contributed by atoms with Crippen molar-refractivity contribution in [2.75, 3.05) is 0 Å². The lowest BCUT2D eigenvalue weighted by Gasteiger charge is -2.01. The van der Waals surface area contributed by atoms with E-state index in [1.54, 1.807) is 6.08 Å². The van der Waals surface area contributed by atoms with Crippen molar-refractivity contribution >= 4 is 5.97 Å². The minimum Gasteiger partial charge on any atom is -0.481 e. The zero-order valence-corrected chi connectivity index (χ0v) is 14.6. The first-order valence-corrected chi connectivity index (χ1v) is 9.13. The van der Waals surface area contributed by atoms with Crippen LogP contribution in [0.3, 0.4) is 0 Å². The van der Waals surface area contributed by atoms with Crippen molar-refractivity contribution in [2.24, 2.45) is 0 Å². The molecule has 5 heteroatoms. The molecule has 134 valence electrons. The van der Waals surface area contributed by atoms with Gasteiger partial charge in [-0.15, -0.1) is 0 Å². The Kier molecular flexibility index (Phi) is 14.6. The lowest BCUT2D eigenvalue weighted by atomic mass is 10.1. The Morgan fingerprint density at radius 3 is 2.00 bits per heavy atom. The van der Waals surface area contributed by atoms with Gasteiger partial charge in [-0.25, -0.2) is 0 Å². The molecule has 0 atom stereocenters. The standard InChI is InChI=1S/C18H33NO4/c1-2-3-4-8-11-14-17(19(22)23)15-12-9-6-5-7-10-13-16-18(20)21/h15H,2-14,16H2,1H3,(H,20,21). The van der Waals surface area contributed by atoms with Gasteiger partial charge >= 0.3 is 5.97 Å². The molecule has 0 rings (SSSR count). The summed E-state index contributed by atoms with van der Waals surface area (Å²) in [6.07, 6.45) is 14.9. The number of carbonyl (C=O) groups is 1. The van der Waals surface area contributed by atoms with Crippen LogP contribution in [0.2, 0.25) is 0 Å². The van der Waals surface area contributed by atoms with Crippen LogP contribution in [0, 0.1) is 10.1 Å². The van der Waals surface area contributed by atoms with E-state index in [-0.39, 0.29) is 11.3 Å². The topological polar surface area (TPSA) is 80.4 Å². The van der Waals surface area contributed by atoms with Gasteiger partial charge in [0.05, 0.1) is 4.92 Å². The molecule has 0 bridgehead atoms. The summed E-state index contributed by atoms with van der Waals surface area (Å²) in [6.45, 7) is 2.16. The van der Waals surface area contributed by atoms with Gasteiger partial charge in [0.25, 0.3) is 0 Å². The van der Waals surface area contributed by atoms with Gasteiger partial charge < -0.3 is 5.11 Å².